The van der Waals surface area contributed by atoms with E-state index in [-0.39, 0.29) is 24.1 Å². The maximum atomic E-state index is 13.6. The first-order valence-corrected chi connectivity index (χ1v) is 8.26. The number of hydrogen-bond acceptors (Lipinski definition) is 4. The number of amides is 2. The first-order valence-electron chi connectivity index (χ1n) is 8.26. The molecule has 0 aliphatic carbocycles. The van der Waals surface area contributed by atoms with Gasteiger partial charge >= 0.3 is 0 Å². The van der Waals surface area contributed by atoms with Crippen LogP contribution >= 0.6 is 0 Å². The lowest BCUT2D eigenvalue weighted by Crippen LogP contribution is -2.38. The molecule has 2 amide bonds. The van der Waals surface area contributed by atoms with Crippen molar-refractivity contribution < 1.29 is 23.5 Å². The van der Waals surface area contributed by atoms with Crippen LogP contribution in [0, 0.1) is 5.82 Å². The highest BCUT2D eigenvalue weighted by Gasteiger charge is 2.17. The van der Waals surface area contributed by atoms with Gasteiger partial charge in [0.25, 0.3) is 5.91 Å². The molecule has 1 heterocycles. The average Bonchev–Trinajstić information content (AvgIpc) is 2.66. The van der Waals surface area contributed by atoms with Crippen LogP contribution in [-0.2, 0) is 4.79 Å². The maximum Gasteiger partial charge on any atom is 0.254 e. The Morgan fingerprint density at radius 3 is 2.62 bits per heavy atom. The molecule has 26 heavy (non-hydrogen) atoms. The summed E-state index contributed by atoms with van der Waals surface area (Å²) >= 11 is 0. The molecule has 0 fully saturated rings. The van der Waals surface area contributed by atoms with Crippen molar-refractivity contribution in [1.82, 2.24) is 10.6 Å². The van der Waals surface area contributed by atoms with Gasteiger partial charge in [-0.2, -0.15) is 0 Å². The molecule has 0 spiro atoms. The Kier molecular flexibility index (Phi) is 5.36. The van der Waals surface area contributed by atoms with Gasteiger partial charge < -0.3 is 20.1 Å². The lowest BCUT2D eigenvalue weighted by molar-refractivity contribution is -0.120. The first-order chi connectivity index (χ1) is 12.5. The second-order valence-electron chi connectivity index (χ2n) is 5.85. The number of fused-ring (bicyclic) bond motifs is 1. The van der Waals surface area contributed by atoms with Gasteiger partial charge in [-0.15, -0.1) is 0 Å². The number of nitrogens with one attached hydrogen (secondary N) is 2. The fourth-order valence-corrected chi connectivity index (χ4v) is 2.61. The van der Waals surface area contributed by atoms with Crippen LogP contribution in [0.4, 0.5) is 4.39 Å². The normalized spacial score (nSPS) is 13.6. The Morgan fingerprint density at radius 2 is 1.85 bits per heavy atom. The van der Waals surface area contributed by atoms with Crippen molar-refractivity contribution in [3.05, 3.63) is 59.4 Å². The molecule has 1 aliphatic heterocycles. The maximum absolute atomic E-state index is 13.6. The van der Waals surface area contributed by atoms with Crippen molar-refractivity contribution >= 4 is 11.8 Å². The fourth-order valence-electron chi connectivity index (χ4n) is 2.61. The van der Waals surface area contributed by atoms with E-state index in [9.17, 15) is 14.0 Å². The number of halogens is 1. The molecular weight excluding hydrogens is 339 g/mol. The van der Waals surface area contributed by atoms with Gasteiger partial charge in [-0.3, -0.25) is 9.59 Å². The van der Waals surface area contributed by atoms with Crippen LogP contribution in [0.5, 0.6) is 11.5 Å². The SMILES string of the molecule is CC(NC(=O)CNC(=O)c1ccccc1F)c1ccc2c(c1)OCCO2. The van der Waals surface area contributed by atoms with E-state index in [0.29, 0.717) is 24.7 Å². The van der Waals surface area contributed by atoms with Gasteiger partial charge in [0.15, 0.2) is 11.5 Å². The lowest BCUT2D eigenvalue weighted by Gasteiger charge is -2.21. The van der Waals surface area contributed by atoms with Crippen molar-refractivity contribution in [2.75, 3.05) is 19.8 Å². The minimum absolute atomic E-state index is 0.0971. The van der Waals surface area contributed by atoms with Gasteiger partial charge in [-0.25, -0.2) is 4.39 Å². The van der Waals surface area contributed by atoms with Crippen molar-refractivity contribution in [2.45, 2.75) is 13.0 Å². The number of carbonyl (C=O) groups is 2. The fraction of sp³-hybridized carbons (Fsp3) is 0.263. The smallest absolute Gasteiger partial charge is 0.254 e. The molecule has 1 atom stereocenters. The molecule has 2 N–H and O–H groups in total. The summed E-state index contributed by atoms with van der Waals surface area (Å²) in [4.78, 5) is 24.0. The molecule has 0 saturated carbocycles. The number of benzene rings is 2. The van der Waals surface area contributed by atoms with E-state index in [2.05, 4.69) is 10.6 Å². The molecule has 1 aliphatic rings. The summed E-state index contributed by atoms with van der Waals surface area (Å²) in [5.41, 5.74) is 0.753. The summed E-state index contributed by atoms with van der Waals surface area (Å²) in [6.45, 7) is 2.57. The molecule has 7 heteroatoms. The number of hydrogen-bond donors (Lipinski definition) is 2. The first kappa shape index (κ1) is 17.7. The van der Waals surface area contributed by atoms with Crippen LogP contribution in [0.3, 0.4) is 0 Å². The highest BCUT2D eigenvalue weighted by Crippen LogP contribution is 2.32. The van der Waals surface area contributed by atoms with Crippen molar-refractivity contribution in [3.63, 3.8) is 0 Å². The van der Waals surface area contributed by atoms with Gasteiger partial charge in [-0.05, 0) is 36.8 Å². The third-order valence-electron chi connectivity index (χ3n) is 3.97. The predicted molar refractivity (Wildman–Crippen MR) is 92.7 cm³/mol. The second-order valence-corrected chi connectivity index (χ2v) is 5.85. The Hall–Kier alpha value is -3.09. The van der Waals surface area contributed by atoms with Crippen LogP contribution < -0.4 is 20.1 Å². The third kappa shape index (κ3) is 4.11. The molecule has 1 unspecified atom stereocenters. The van der Waals surface area contributed by atoms with Crippen LogP contribution in [0.15, 0.2) is 42.5 Å². The standard InChI is InChI=1S/C19H19FN2O4/c1-12(13-6-7-16-17(10-13)26-9-8-25-16)22-18(23)11-21-19(24)14-4-2-3-5-15(14)20/h2-7,10,12H,8-9,11H2,1H3,(H,21,24)(H,22,23). The Morgan fingerprint density at radius 1 is 1.12 bits per heavy atom. The zero-order valence-electron chi connectivity index (χ0n) is 14.3. The summed E-state index contributed by atoms with van der Waals surface area (Å²) in [6.07, 6.45) is 0. The predicted octanol–water partition coefficient (Wildman–Crippen LogP) is 2.20. The molecule has 2 aromatic rings. The van der Waals surface area contributed by atoms with Gasteiger partial charge in [0.05, 0.1) is 18.2 Å². The molecule has 0 saturated heterocycles. The van der Waals surface area contributed by atoms with Gasteiger partial charge in [0.1, 0.15) is 19.0 Å². The average molecular weight is 358 g/mol. The van der Waals surface area contributed by atoms with Crippen molar-refractivity contribution in [1.29, 1.82) is 0 Å². The zero-order chi connectivity index (χ0) is 18.5. The lowest BCUT2D eigenvalue weighted by atomic mass is 10.1. The van der Waals surface area contributed by atoms with E-state index in [1.54, 1.807) is 12.1 Å². The quantitative estimate of drug-likeness (QED) is 0.859. The van der Waals surface area contributed by atoms with E-state index in [1.807, 2.05) is 19.1 Å². The summed E-state index contributed by atoms with van der Waals surface area (Å²) in [5.74, 6) is -0.323. The third-order valence-corrected chi connectivity index (χ3v) is 3.97. The zero-order valence-corrected chi connectivity index (χ0v) is 14.3. The van der Waals surface area contributed by atoms with E-state index in [4.69, 9.17) is 9.47 Å². The van der Waals surface area contributed by atoms with Crippen LogP contribution in [-0.4, -0.2) is 31.6 Å². The minimum atomic E-state index is -0.634. The Bertz CT molecular complexity index is 825. The molecule has 0 bridgehead atoms. The largest absolute Gasteiger partial charge is 0.486 e. The number of ether oxygens (including phenoxy) is 2. The van der Waals surface area contributed by atoms with Crippen LogP contribution in [0.2, 0.25) is 0 Å². The van der Waals surface area contributed by atoms with Crippen LogP contribution in [0.1, 0.15) is 28.9 Å². The summed E-state index contributed by atoms with van der Waals surface area (Å²) in [5, 5.41) is 5.19. The van der Waals surface area contributed by atoms with E-state index in [0.717, 1.165) is 5.56 Å². The van der Waals surface area contributed by atoms with Gasteiger partial charge in [0.2, 0.25) is 5.91 Å². The van der Waals surface area contributed by atoms with Gasteiger partial charge in [0, 0.05) is 0 Å². The Balaban J connectivity index is 1.54. The van der Waals surface area contributed by atoms with E-state index >= 15 is 0 Å². The Labute approximate surface area is 150 Å². The summed E-state index contributed by atoms with van der Waals surface area (Å²) < 4.78 is 24.5. The monoisotopic (exact) mass is 358 g/mol. The topological polar surface area (TPSA) is 76.7 Å². The van der Waals surface area contributed by atoms with Crippen molar-refractivity contribution in [3.8, 4) is 11.5 Å². The minimum Gasteiger partial charge on any atom is -0.486 e. The van der Waals surface area contributed by atoms with Gasteiger partial charge in [-0.1, -0.05) is 18.2 Å². The summed E-state index contributed by atoms with van der Waals surface area (Å²) in [6, 6.07) is 10.8. The molecule has 3 rings (SSSR count). The number of rotatable bonds is 5. The number of carbonyl (C=O) groups excluding carboxylic acids is 2. The highest BCUT2D eigenvalue weighted by atomic mass is 19.1. The molecular formula is C19H19FN2O4. The molecule has 2 aromatic carbocycles. The van der Waals surface area contributed by atoms with E-state index < -0.39 is 11.7 Å². The molecule has 6 nitrogen and oxygen atoms in total. The summed E-state index contributed by atoms with van der Waals surface area (Å²) in [7, 11) is 0. The highest BCUT2D eigenvalue weighted by molar-refractivity contribution is 5.96. The molecule has 0 aromatic heterocycles. The second kappa shape index (κ2) is 7.86. The van der Waals surface area contributed by atoms with Crippen molar-refractivity contribution in [2.24, 2.45) is 0 Å². The molecule has 0 radical (unpaired) electrons. The van der Waals surface area contributed by atoms with Crippen LogP contribution in [0.25, 0.3) is 0 Å². The molecule has 136 valence electrons. The van der Waals surface area contributed by atoms with E-state index in [1.165, 1.54) is 18.2 Å².